The summed E-state index contributed by atoms with van der Waals surface area (Å²) in [4.78, 5) is 26.6. The van der Waals surface area contributed by atoms with Gasteiger partial charge < -0.3 is 18.0 Å². The first-order valence-corrected chi connectivity index (χ1v) is 43.4. The fraction of sp³-hybridized carbons (Fsp3) is 0.0268. The molecule has 0 unspecified atom stereocenters. The van der Waals surface area contributed by atoms with Gasteiger partial charge in [0.1, 0.15) is 32.9 Å². The smallest absolute Gasteiger partial charge is 0.164 e. The van der Waals surface area contributed by atoms with Gasteiger partial charge in [0.25, 0.3) is 0 Å². The molecule has 26 rings (SSSR count). The van der Waals surface area contributed by atoms with Crippen molar-refractivity contribution in [2.24, 2.45) is 0 Å². The van der Waals surface area contributed by atoms with Crippen LogP contribution in [0.5, 0.6) is 0 Å². The first-order chi connectivity index (χ1) is 61.2. The van der Waals surface area contributed by atoms with Crippen LogP contribution in [0.4, 0.5) is 0 Å². The minimum Gasteiger partial charge on any atom is -0.456 e. The summed E-state index contributed by atoms with van der Waals surface area (Å²) >= 11 is 3.68. The molecule has 10 aromatic heterocycles. The molecule has 1 aliphatic rings. The number of hydrogen-bond donors (Lipinski definition) is 0. The average molecular weight is 1630 g/mol. The molecule has 15 aromatic carbocycles. The summed E-state index contributed by atoms with van der Waals surface area (Å²) in [5.74, 6) is 2.90. The highest BCUT2D eigenvalue weighted by atomic mass is 32.1. The van der Waals surface area contributed by atoms with Crippen LogP contribution in [-0.4, -0.2) is 38.6 Å². The van der Waals surface area contributed by atoms with Gasteiger partial charge in [-0.05, 0) is 161 Å². The van der Waals surface area contributed by atoms with Gasteiger partial charge in [-0.3, -0.25) is 4.57 Å². The van der Waals surface area contributed by atoms with Crippen molar-refractivity contribution in [3.05, 3.63) is 412 Å². The summed E-state index contributed by atoms with van der Waals surface area (Å²) in [7, 11) is 0. The third kappa shape index (κ3) is 12.1. The normalized spacial score (nSPS) is 12.3. The van der Waals surface area contributed by atoms with Gasteiger partial charge >= 0.3 is 0 Å². The van der Waals surface area contributed by atoms with Gasteiger partial charge in [-0.25, -0.2) is 24.9 Å². The van der Waals surface area contributed by atoms with Crippen molar-refractivity contribution in [1.82, 2.24) is 38.6 Å². The van der Waals surface area contributed by atoms with Crippen LogP contribution < -0.4 is 0 Å². The molecule has 0 radical (unpaired) electrons. The first kappa shape index (κ1) is 72.3. The van der Waals surface area contributed by atoms with E-state index >= 15 is 0 Å². The molecular formula is C112H72N8O2S2. The zero-order valence-corrected chi connectivity index (χ0v) is 68.9. The first-order valence-electron chi connectivity index (χ1n) is 41.7. The fourth-order valence-corrected chi connectivity index (χ4v) is 21.0. The quantitative estimate of drug-likeness (QED) is 0.134. The van der Waals surface area contributed by atoms with Crippen LogP contribution in [-0.2, 0) is 5.41 Å². The van der Waals surface area contributed by atoms with E-state index in [1.54, 1.807) is 0 Å². The summed E-state index contributed by atoms with van der Waals surface area (Å²) < 4.78 is 23.4. The summed E-state index contributed by atoms with van der Waals surface area (Å²) in [6.07, 6.45) is 0. The maximum Gasteiger partial charge on any atom is 0.164 e. The Morgan fingerprint density at radius 1 is 0.274 bits per heavy atom. The van der Waals surface area contributed by atoms with Gasteiger partial charge in [-0.15, -0.1) is 22.7 Å². The number of para-hydroxylation sites is 5. The van der Waals surface area contributed by atoms with E-state index < -0.39 is 0 Å². The molecule has 0 N–H and O–H groups in total. The molecule has 0 aliphatic heterocycles. The highest BCUT2D eigenvalue weighted by Gasteiger charge is 2.41. The standard InChI is InChI=1S/C44H30N4S.C36H23N3S.C32H19NO2/c1-44(2)35-25-29(43-46-41(27-13-5-3-6-14-27)45-42(47-43)28-15-7-4-8-16-28)21-23-32(35)40-39(44)33-18-9-11-19-36(33)48(40)30-22-24-38-34(26-30)31-17-10-12-20-37(31)49-38;1-3-12-24(13-4-1)26-22-30(25-14-5-2-6-15-25)37-31(23-26)29-18-11-21-34(38-29)39-32-19-9-7-16-27(32)35-28-17-8-10-20-33(28)40-36(35)39;1-4-13-27-24(11-1)32-31(25-12-3-6-15-29(25)35-32)33(27)22-9-7-8-20(18-22)21-16-17-30-26(19-21)23-10-2-5-14-28(23)34-30/h3-26H,1-2H3;1-23H;1-19H. The Kier molecular flexibility index (Phi) is 17.1. The minimum atomic E-state index is -0.248. The monoisotopic (exact) mass is 1620 g/mol. The molecule has 0 saturated carbocycles. The summed E-state index contributed by atoms with van der Waals surface area (Å²) in [6, 6.07) is 140. The van der Waals surface area contributed by atoms with Crippen LogP contribution >= 0.6 is 22.7 Å². The molecular weight excluding hydrogens is 1550 g/mol. The lowest BCUT2D eigenvalue weighted by molar-refractivity contribution is 0.666. The van der Waals surface area contributed by atoms with Gasteiger partial charge in [0.15, 0.2) is 23.1 Å². The van der Waals surface area contributed by atoms with Crippen molar-refractivity contribution in [3.8, 4) is 108 Å². The van der Waals surface area contributed by atoms with E-state index in [1.807, 2.05) is 95.5 Å². The summed E-state index contributed by atoms with van der Waals surface area (Å²) in [5.41, 5.74) is 26.7. The van der Waals surface area contributed by atoms with Gasteiger partial charge in [-0.2, -0.15) is 0 Å². The van der Waals surface area contributed by atoms with E-state index in [0.29, 0.717) is 17.5 Å². The third-order valence-corrected chi connectivity index (χ3v) is 26.8. The van der Waals surface area contributed by atoms with Crippen molar-refractivity contribution in [2.75, 3.05) is 0 Å². The SMILES string of the molecule is CC1(C)c2cc(-c3nc(-c4ccccc4)nc(-c4ccccc4)n3)ccc2-c2c1c1ccccc1n2-c1ccc2sc3ccccc3c2c1.c1cc(-c2ccc3oc4ccccc4c3c2)cc(-n2c3ccccc3c3oc4ccccc4c32)c1.c1ccc(-c2cc(-c3ccccc3)nc(-c3cccc(-n4c5ccccc5c5c6ccccc6sc54)n3)c2)cc1. The molecule has 10 nitrogen and oxygen atoms in total. The lowest BCUT2D eigenvalue weighted by Gasteiger charge is -2.22. The van der Waals surface area contributed by atoms with Crippen molar-refractivity contribution in [1.29, 1.82) is 0 Å². The molecule has 0 saturated heterocycles. The maximum atomic E-state index is 6.33. The number of rotatable bonds is 10. The number of pyridine rings is 2. The number of fused-ring (bicyclic) bond motifs is 21. The molecule has 0 amide bonds. The largest absolute Gasteiger partial charge is 0.456 e. The molecule has 0 spiro atoms. The predicted octanol–water partition coefficient (Wildman–Crippen LogP) is 30.4. The number of aromatic nitrogens is 8. The molecule has 10 heterocycles. The molecule has 0 fully saturated rings. The zero-order valence-electron chi connectivity index (χ0n) is 67.3. The van der Waals surface area contributed by atoms with Crippen LogP contribution in [0.15, 0.2) is 409 Å². The number of furan rings is 2. The lowest BCUT2D eigenvalue weighted by atomic mass is 9.81. The maximum absolute atomic E-state index is 6.33. The van der Waals surface area contributed by atoms with Crippen LogP contribution in [0, 0.1) is 0 Å². The van der Waals surface area contributed by atoms with Gasteiger partial charge in [0.2, 0.25) is 0 Å². The average Bonchev–Trinajstić information content (AvgIpc) is 1.59. The molecule has 0 bridgehead atoms. The minimum absolute atomic E-state index is 0.248. The van der Waals surface area contributed by atoms with Crippen LogP contribution in [0.25, 0.3) is 225 Å². The van der Waals surface area contributed by atoms with Crippen molar-refractivity contribution in [2.45, 2.75) is 19.3 Å². The third-order valence-electron chi connectivity index (χ3n) is 24.4. The number of thiophene rings is 2. The van der Waals surface area contributed by atoms with Crippen LogP contribution in [0.3, 0.4) is 0 Å². The van der Waals surface area contributed by atoms with Crippen LogP contribution in [0.2, 0.25) is 0 Å². The number of nitrogens with zero attached hydrogens (tertiary/aromatic N) is 8. The summed E-state index contributed by atoms with van der Waals surface area (Å²) in [5, 5.41) is 12.2. The van der Waals surface area contributed by atoms with E-state index in [9.17, 15) is 0 Å². The Balaban J connectivity index is 0.000000106. The Morgan fingerprint density at radius 2 is 0.790 bits per heavy atom. The van der Waals surface area contributed by atoms with E-state index in [2.05, 4.69) is 355 Å². The van der Waals surface area contributed by atoms with Crippen molar-refractivity contribution < 1.29 is 8.83 Å². The zero-order chi connectivity index (χ0) is 82.1. The second-order valence-electron chi connectivity index (χ2n) is 32.1. The molecule has 1 aliphatic carbocycles. The second kappa shape index (κ2) is 29.3. The van der Waals surface area contributed by atoms with Crippen LogP contribution in [0.1, 0.15) is 25.0 Å². The molecule has 584 valence electrons. The Labute approximate surface area is 720 Å². The topological polar surface area (TPSA) is 106 Å². The predicted molar refractivity (Wildman–Crippen MR) is 515 cm³/mol. The van der Waals surface area contributed by atoms with E-state index in [4.69, 9.17) is 33.8 Å². The van der Waals surface area contributed by atoms with E-state index in [0.717, 1.165) is 134 Å². The number of benzene rings is 15. The highest BCUT2D eigenvalue weighted by molar-refractivity contribution is 7.26. The van der Waals surface area contributed by atoms with E-state index in [1.165, 1.54) is 84.8 Å². The van der Waals surface area contributed by atoms with Gasteiger partial charge in [-0.1, -0.05) is 287 Å². The van der Waals surface area contributed by atoms with Crippen molar-refractivity contribution >= 4 is 140 Å². The second-order valence-corrected chi connectivity index (χ2v) is 34.3. The number of hydrogen-bond acceptors (Lipinski definition) is 9. The highest BCUT2D eigenvalue weighted by Crippen LogP contribution is 2.55. The molecule has 25 aromatic rings. The van der Waals surface area contributed by atoms with Gasteiger partial charge in [0.05, 0.1) is 39.3 Å². The van der Waals surface area contributed by atoms with Crippen molar-refractivity contribution in [3.63, 3.8) is 0 Å². The molecule has 0 atom stereocenters. The summed E-state index contributed by atoms with van der Waals surface area (Å²) in [6.45, 7) is 4.71. The Morgan fingerprint density at radius 3 is 1.51 bits per heavy atom. The Bertz CT molecular complexity index is 8420. The lowest BCUT2D eigenvalue weighted by Crippen LogP contribution is -2.15. The van der Waals surface area contributed by atoms with E-state index in [-0.39, 0.29) is 5.41 Å². The molecule has 124 heavy (non-hydrogen) atoms. The molecule has 12 heteroatoms. The fourth-order valence-electron chi connectivity index (χ4n) is 18.7. The Hall–Kier alpha value is -15.7. The van der Waals surface area contributed by atoms with Gasteiger partial charge in [0, 0.05) is 113 Å².